The maximum absolute atomic E-state index is 12.0. The summed E-state index contributed by atoms with van der Waals surface area (Å²) in [7, 11) is -1.58. The molecule has 0 unspecified atom stereocenters. The Bertz CT molecular complexity index is 559. The van der Waals surface area contributed by atoms with Crippen LogP contribution in [0.1, 0.15) is 10.4 Å². The number of pyridine rings is 1. The smallest absolute Gasteiger partial charge is 0.257 e. The van der Waals surface area contributed by atoms with E-state index in [1.165, 1.54) is 18.1 Å². The van der Waals surface area contributed by atoms with Gasteiger partial charge in [0.15, 0.2) is 0 Å². The van der Waals surface area contributed by atoms with Gasteiger partial charge in [-0.25, -0.2) is 13.4 Å². The Morgan fingerprint density at radius 2 is 2.17 bits per heavy atom. The Morgan fingerprint density at radius 3 is 2.72 bits per heavy atom. The highest BCUT2D eigenvalue weighted by molar-refractivity contribution is 9.10. The first-order chi connectivity index (χ1) is 8.20. The average molecular weight is 336 g/mol. The lowest BCUT2D eigenvalue weighted by molar-refractivity contribution is 0.0804. The van der Waals surface area contributed by atoms with Crippen LogP contribution in [0.5, 0.6) is 0 Å². The van der Waals surface area contributed by atoms with E-state index in [0.29, 0.717) is 4.47 Å². The Kier molecular flexibility index (Phi) is 4.69. The van der Waals surface area contributed by atoms with Gasteiger partial charge in [0.25, 0.3) is 5.91 Å². The lowest BCUT2D eigenvalue weighted by atomic mass is 10.2. The third-order valence-corrected chi connectivity index (χ3v) is 3.62. The zero-order chi connectivity index (χ0) is 13.9. The van der Waals surface area contributed by atoms with Crippen molar-refractivity contribution in [2.24, 2.45) is 0 Å². The van der Waals surface area contributed by atoms with E-state index in [-0.39, 0.29) is 29.6 Å². The monoisotopic (exact) mass is 335 g/mol. The number of amides is 1. The number of hydrogen-bond acceptors (Lipinski definition) is 5. The highest BCUT2D eigenvalue weighted by atomic mass is 79.9. The van der Waals surface area contributed by atoms with Crippen LogP contribution in [0, 0.1) is 0 Å². The molecule has 1 amide bonds. The molecule has 0 aromatic carbocycles. The van der Waals surface area contributed by atoms with E-state index in [0.717, 1.165) is 6.26 Å². The number of halogens is 1. The van der Waals surface area contributed by atoms with Crippen molar-refractivity contribution in [3.8, 4) is 0 Å². The molecule has 8 heteroatoms. The van der Waals surface area contributed by atoms with Crippen molar-refractivity contribution < 1.29 is 13.2 Å². The van der Waals surface area contributed by atoms with Crippen LogP contribution in [0.3, 0.4) is 0 Å². The van der Waals surface area contributed by atoms with Gasteiger partial charge >= 0.3 is 0 Å². The van der Waals surface area contributed by atoms with Gasteiger partial charge in [-0.05, 0) is 22.0 Å². The fourth-order valence-electron chi connectivity index (χ4n) is 1.23. The maximum atomic E-state index is 12.0. The molecule has 18 heavy (non-hydrogen) atoms. The van der Waals surface area contributed by atoms with Gasteiger partial charge in [-0.3, -0.25) is 4.79 Å². The Balaban J connectivity index is 2.83. The zero-order valence-electron chi connectivity index (χ0n) is 10.1. The maximum Gasteiger partial charge on any atom is 0.257 e. The van der Waals surface area contributed by atoms with Gasteiger partial charge in [-0.1, -0.05) is 0 Å². The fourth-order valence-corrected chi connectivity index (χ4v) is 2.17. The molecule has 0 aliphatic rings. The van der Waals surface area contributed by atoms with Gasteiger partial charge in [-0.15, -0.1) is 0 Å². The van der Waals surface area contributed by atoms with Gasteiger partial charge in [0.2, 0.25) is 0 Å². The first-order valence-corrected chi connectivity index (χ1v) is 7.90. The third kappa shape index (κ3) is 4.26. The second kappa shape index (κ2) is 5.66. The number of rotatable bonds is 4. The summed E-state index contributed by atoms with van der Waals surface area (Å²) in [6.45, 7) is 0.115. The molecule has 0 atom stereocenters. The molecule has 0 saturated carbocycles. The molecule has 0 spiro atoms. The number of hydrogen-bond donors (Lipinski definition) is 1. The Hall–Kier alpha value is -1.15. The van der Waals surface area contributed by atoms with E-state index in [1.807, 2.05) is 0 Å². The van der Waals surface area contributed by atoms with Crippen molar-refractivity contribution in [3.05, 3.63) is 22.3 Å². The SMILES string of the molecule is CN(CCS(C)(=O)=O)C(=O)c1cc(Br)cnc1N. The molecule has 0 fully saturated rings. The van der Waals surface area contributed by atoms with Crippen LogP contribution in [0.4, 0.5) is 5.82 Å². The Morgan fingerprint density at radius 1 is 1.56 bits per heavy atom. The van der Waals surface area contributed by atoms with Gasteiger partial charge in [0.1, 0.15) is 15.7 Å². The molecule has 1 aromatic heterocycles. The largest absolute Gasteiger partial charge is 0.383 e. The number of nitrogens with two attached hydrogens (primary N) is 1. The molecular weight excluding hydrogens is 322 g/mol. The predicted octanol–water partition coefficient (Wildman–Crippen LogP) is 0.543. The summed E-state index contributed by atoms with van der Waals surface area (Å²) in [6.07, 6.45) is 2.61. The summed E-state index contributed by atoms with van der Waals surface area (Å²) in [5.74, 6) is -0.323. The Labute approximate surface area is 114 Å². The molecule has 1 heterocycles. The first kappa shape index (κ1) is 14.9. The molecule has 0 radical (unpaired) electrons. The van der Waals surface area contributed by atoms with E-state index < -0.39 is 9.84 Å². The number of aromatic nitrogens is 1. The van der Waals surface area contributed by atoms with E-state index in [4.69, 9.17) is 5.73 Å². The summed E-state index contributed by atoms with van der Waals surface area (Å²) in [4.78, 5) is 17.2. The van der Waals surface area contributed by atoms with Gasteiger partial charge < -0.3 is 10.6 Å². The van der Waals surface area contributed by atoms with Gasteiger partial charge in [0, 0.05) is 30.5 Å². The number of nitrogens with zero attached hydrogens (tertiary/aromatic N) is 2. The molecule has 0 saturated heterocycles. The standard InChI is InChI=1S/C10H14BrN3O3S/c1-14(3-4-18(2,16)17)10(15)8-5-7(11)6-13-9(8)12/h5-6H,3-4H2,1-2H3,(H2,12,13). The molecule has 6 nitrogen and oxygen atoms in total. The predicted molar refractivity (Wildman–Crippen MR) is 73.0 cm³/mol. The summed E-state index contributed by atoms with van der Waals surface area (Å²) in [5, 5.41) is 0. The number of sulfone groups is 1. The topological polar surface area (TPSA) is 93.4 Å². The molecule has 1 rings (SSSR count). The lowest BCUT2D eigenvalue weighted by Gasteiger charge is -2.17. The second-order valence-corrected chi connectivity index (χ2v) is 7.12. The molecule has 0 bridgehead atoms. The van der Waals surface area contributed by atoms with Crippen molar-refractivity contribution in [1.29, 1.82) is 0 Å². The normalized spacial score (nSPS) is 11.3. The minimum atomic E-state index is -3.10. The number of nitrogen functional groups attached to an aromatic ring is 1. The van der Waals surface area contributed by atoms with Crippen molar-refractivity contribution in [3.63, 3.8) is 0 Å². The minimum absolute atomic E-state index is 0.0867. The second-order valence-electron chi connectivity index (χ2n) is 3.94. The molecule has 1 aromatic rings. The number of carbonyl (C=O) groups is 1. The van der Waals surface area contributed by atoms with Crippen LogP contribution in [0.2, 0.25) is 0 Å². The zero-order valence-corrected chi connectivity index (χ0v) is 12.5. The van der Waals surface area contributed by atoms with E-state index >= 15 is 0 Å². The quantitative estimate of drug-likeness (QED) is 0.866. The van der Waals surface area contributed by atoms with Crippen LogP contribution >= 0.6 is 15.9 Å². The number of anilines is 1. The van der Waals surface area contributed by atoms with E-state index in [2.05, 4.69) is 20.9 Å². The highest BCUT2D eigenvalue weighted by Gasteiger charge is 2.17. The molecular formula is C10H14BrN3O3S. The van der Waals surface area contributed by atoms with Crippen LogP contribution < -0.4 is 5.73 Å². The van der Waals surface area contributed by atoms with Crippen LogP contribution in [-0.4, -0.2) is 49.8 Å². The molecule has 2 N–H and O–H groups in total. The minimum Gasteiger partial charge on any atom is -0.383 e. The molecule has 0 aliphatic carbocycles. The van der Waals surface area contributed by atoms with Crippen LogP contribution in [0.15, 0.2) is 16.7 Å². The summed E-state index contributed by atoms with van der Waals surface area (Å²) in [5.41, 5.74) is 5.86. The van der Waals surface area contributed by atoms with E-state index in [9.17, 15) is 13.2 Å². The van der Waals surface area contributed by atoms with Crippen LogP contribution in [-0.2, 0) is 9.84 Å². The van der Waals surface area contributed by atoms with Crippen molar-refractivity contribution in [2.75, 3.05) is 31.3 Å². The fraction of sp³-hybridized carbons (Fsp3) is 0.400. The van der Waals surface area contributed by atoms with Crippen molar-refractivity contribution >= 4 is 37.5 Å². The lowest BCUT2D eigenvalue weighted by Crippen LogP contribution is -2.32. The first-order valence-electron chi connectivity index (χ1n) is 5.05. The average Bonchev–Trinajstić information content (AvgIpc) is 2.27. The summed E-state index contributed by atoms with van der Waals surface area (Å²) in [6, 6.07) is 1.56. The molecule has 0 aliphatic heterocycles. The summed E-state index contributed by atoms with van der Waals surface area (Å²) < 4.78 is 22.7. The highest BCUT2D eigenvalue weighted by Crippen LogP contribution is 2.16. The summed E-state index contributed by atoms with van der Waals surface area (Å²) >= 11 is 3.20. The van der Waals surface area contributed by atoms with Crippen molar-refractivity contribution in [2.45, 2.75) is 0 Å². The number of carbonyl (C=O) groups excluding carboxylic acids is 1. The third-order valence-electron chi connectivity index (χ3n) is 2.26. The van der Waals surface area contributed by atoms with Gasteiger partial charge in [-0.2, -0.15) is 0 Å². The van der Waals surface area contributed by atoms with E-state index in [1.54, 1.807) is 6.07 Å². The van der Waals surface area contributed by atoms with Gasteiger partial charge in [0.05, 0.1) is 11.3 Å². The van der Waals surface area contributed by atoms with Crippen molar-refractivity contribution in [1.82, 2.24) is 9.88 Å². The van der Waals surface area contributed by atoms with Crippen LogP contribution in [0.25, 0.3) is 0 Å². The molecule has 100 valence electrons.